The largest absolute Gasteiger partial charge is 0.396 e. The minimum Gasteiger partial charge on any atom is -0.396 e. The van der Waals surface area contributed by atoms with Gasteiger partial charge < -0.3 is 15.0 Å². The molecule has 1 saturated heterocycles. The number of aromatic nitrogens is 1. The molecule has 1 aromatic carbocycles. The van der Waals surface area contributed by atoms with Gasteiger partial charge >= 0.3 is 0 Å². The van der Waals surface area contributed by atoms with Crippen LogP contribution in [-0.2, 0) is 11.3 Å². The lowest BCUT2D eigenvalue weighted by Crippen LogP contribution is -2.24. The van der Waals surface area contributed by atoms with Crippen molar-refractivity contribution in [2.24, 2.45) is 5.92 Å². The number of hydrogen-bond acceptors (Lipinski definition) is 2. The molecule has 18 heavy (non-hydrogen) atoms. The maximum atomic E-state index is 11.8. The molecule has 0 saturated carbocycles. The molecule has 94 valence electrons. The standard InChI is InChI=1S/C14H16N2O2/c17-9-11-6-14(18)16(8-11)7-10-1-2-13-12(5-10)3-4-15-13/h1-5,11,15,17H,6-9H2. The summed E-state index contributed by atoms with van der Waals surface area (Å²) in [5.41, 5.74) is 2.24. The van der Waals surface area contributed by atoms with E-state index in [1.54, 1.807) is 0 Å². The number of hydrogen-bond donors (Lipinski definition) is 2. The van der Waals surface area contributed by atoms with Crippen molar-refractivity contribution in [3.63, 3.8) is 0 Å². The van der Waals surface area contributed by atoms with Crippen molar-refractivity contribution in [3.05, 3.63) is 36.0 Å². The number of carbonyl (C=O) groups is 1. The molecule has 1 unspecified atom stereocenters. The van der Waals surface area contributed by atoms with E-state index in [1.165, 1.54) is 0 Å². The van der Waals surface area contributed by atoms with Crippen LogP contribution >= 0.6 is 0 Å². The van der Waals surface area contributed by atoms with Crippen molar-refractivity contribution in [1.29, 1.82) is 0 Å². The van der Waals surface area contributed by atoms with Gasteiger partial charge in [-0.3, -0.25) is 4.79 Å². The van der Waals surface area contributed by atoms with Crippen LogP contribution in [0.5, 0.6) is 0 Å². The van der Waals surface area contributed by atoms with Crippen molar-refractivity contribution < 1.29 is 9.90 Å². The summed E-state index contributed by atoms with van der Waals surface area (Å²) >= 11 is 0. The van der Waals surface area contributed by atoms with Gasteiger partial charge in [0.05, 0.1) is 0 Å². The number of likely N-dealkylation sites (tertiary alicyclic amines) is 1. The second kappa shape index (κ2) is 4.46. The molecule has 4 nitrogen and oxygen atoms in total. The van der Waals surface area contributed by atoms with Crippen molar-refractivity contribution in [2.45, 2.75) is 13.0 Å². The summed E-state index contributed by atoms with van der Waals surface area (Å²) in [4.78, 5) is 16.8. The fourth-order valence-electron chi connectivity index (χ4n) is 2.55. The molecule has 2 heterocycles. The van der Waals surface area contributed by atoms with Gasteiger partial charge in [-0.15, -0.1) is 0 Å². The monoisotopic (exact) mass is 244 g/mol. The first kappa shape index (κ1) is 11.3. The lowest BCUT2D eigenvalue weighted by molar-refractivity contribution is -0.128. The summed E-state index contributed by atoms with van der Waals surface area (Å²) in [5, 5.41) is 10.3. The Balaban J connectivity index is 1.77. The highest BCUT2D eigenvalue weighted by atomic mass is 16.3. The molecule has 0 aliphatic carbocycles. The molecule has 1 fully saturated rings. The Labute approximate surface area is 105 Å². The van der Waals surface area contributed by atoms with Crippen LogP contribution in [0.15, 0.2) is 30.5 Å². The van der Waals surface area contributed by atoms with Gasteiger partial charge in [0.1, 0.15) is 0 Å². The molecule has 1 aliphatic rings. The minimum absolute atomic E-state index is 0.0963. The number of aromatic amines is 1. The van der Waals surface area contributed by atoms with Crippen molar-refractivity contribution in [1.82, 2.24) is 9.88 Å². The van der Waals surface area contributed by atoms with E-state index < -0.39 is 0 Å². The molecule has 0 radical (unpaired) electrons. The van der Waals surface area contributed by atoms with Crippen LogP contribution in [0.1, 0.15) is 12.0 Å². The first-order valence-electron chi connectivity index (χ1n) is 6.21. The number of amides is 1. The van der Waals surface area contributed by atoms with E-state index in [4.69, 9.17) is 5.11 Å². The van der Waals surface area contributed by atoms with Crippen LogP contribution in [0.4, 0.5) is 0 Å². The van der Waals surface area contributed by atoms with Crippen molar-refractivity contribution in [2.75, 3.05) is 13.2 Å². The Bertz CT molecular complexity index is 576. The fourth-order valence-corrected chi connectivity index (χ4v) is 2.55. The molecule has 1 aliphatic heterocycles. The van der Waals surface area contributed by atoms with E-state index in [1.807, 2.05) is 29.3 Å². The number of nitrogens with one attached hydrogen (secondary N) is 1. The molecule has 3 rings (SSSR count). The number of nitrogens with zero attached hydrogens (tertiary/aromatic N) is 1. The summed E-state index contributed by atoms with van der Waals surface area (Å²) in [7, 11) is 0. The quantitative estimate of drug-likeness (QED) is 0.859. The van der Waals surface area contributed by atoms with Gasteiger partial charge in [0.25, 0.3) is 0 Å². The summed E-state index contributed by atoms with van der Waals surface area (Å²) < 4.78 is 0. The van der Waals surface area contributed by atoms with E-state index >= 15 is 0 Å². The second-order valence-corrected chi connectivity index (χ2v) is 4.93. The molecule has 0 spiro atoms. The van der Waals surface area contributed by atoms with Gasteiger partial charge in [0.2, 0.25) is 5.91 Å². The van der Waals surface area contributed by atoms with E-state index in [0.717, 1.165) is 16.5 Å². The summed E-state index contributed by atoms with van der Waals surface area (Å²) in [6.07, 6.45) is 2.39. The smallest absolute Gasteiger partial charge is 0.223 e. The van der Waals surface area contributed by atoms with Gasteiger partial charge in [0.15, 0.2) is 0 Å². The minimum atomic E-state index is 0.0963. The number of aliphatic hydroxyl groups is 1. The molecular weight excluding hydrogens is 228 g/mol. The number of benzene rings is 1. The first-order chi connectivity index (χ1) is 8.76. The molecule has 2 aromatic rings. The first-order valence-corrected chi connectivity index (χ1v) is 6.21. The zero-order chi connectivity index (χ0) is 12.5. The van der Waals surface area contributed by atoms with Gasteiger partial charge in [-0.05, 0) is 29.1 Å². The van der Waals surface area contributed by atoms with Gasteiger partial charge in [-0.2, -0.15) is 0 Å². The van der Waals surface area contributed by atoms with Crippen LogP contribution in [0.25, 0.3) is 10.9 Å². The third kappa shape index (κ3) is 1.99. The third-order valence-corrected chi connectivity index (χ3v) is 3.54. The molecular formula is C14H16N2O2. The number of H-pyrrole nitrogens is 1. The third-order valence-electron chi connectivity index (χ3n) is 3.54. The normalized spacial score (nSPS) is 19.9. The fraction of sp³-hybridized carbons (Fsp3) is 0.357. The maximum Gasteiger partial charge on any atom is 0.223 e. The van der Waals surface area contributed by atoms with E-state index in [0.29, 0.717) is 19.5 Å². The highest BCUT2D eigenvalue weighted by Crippen LogP contribution is 2.21. The lowest BCUT2D eigenvalue weighted by Gasteiger charge is -2.16. The topological polar surface area (TPSA) is 56.3 Å². The molecule has 1 amide bonds. The van der Waals surface area contributed by atoms with Gasteiger partial charge in [-0.25, -0.2) is 0 Å². The van der Waals surface area contributed by atoms with Gasteiger partial charge in [-0.1, -0.05) is 6.07 Å². The van der Waals surface area contributed by atoms with Crippen LogP contribution in [-0.4, -0.2) is 34.0 Å². The summed E-state index contributed by atoms with van der Waals surface area (Å²) in [5.74, 6) is 0.247. The lowest BCUT2D eigenvalue weighted by atomic mass is 10.1. The molecule has 1 aromatic heterocycles. The highest BCUT2D eigenvalue weighted by Gasteiger charge is 2.28. The average Bonchev–Trinajstić information content (AvgIpc) is 2.96. The predicted octanol–water partition coefficient (Wildman–Crippen LogP) is 1.51. The Morgan fingerprint density at radius 1 is 1.39 bits per heavy atom. The van der Waals surface area contributed by atoms with Crippen LogP contribution in [0, 0.1) is 5.92 Å². The zero-order valence-electron chi connectivity index (χ0n) is 10.1. The Morgan fingerprint density at radius 3 is 3.06 bits per heavy atom. The molecule has 0 bridgehead atoms. The van der Waals surface area contributed by atoms with Crippen LogP contribution in [0.3, 0.4) is 0 Å². The van der Waals surface area contributed by atoms with Crippen LogP contribution in [0.2, 0.25) is 0 Å². The summed E-state index contributed by atoms with van der Waals surface area (Å²) in [6, 6.07) is 8.21. The average molecular weight is 244 g/mol. The van der Waals surface area contributed by atoms with E-state index in [9.17, 15) is 4.79 Å². The van der Waals surface area contributed by atoms with Gasteiger partial charge in [0, 0.05) is 43.7 Å². The Morgan fingerprint density at radius 2 is 2.28 bits per heavy atom. The van der Waals surface area contributed by atoms with Crippen LogP contribution < -0.4 is 0 Å². The molecule has 1 atom stereocenters. The molecule has 2 N–H and O–H groups in total. The maximum absolute atomic E-state index is 11.8. The molecule has 4 heteroatoms. The highest BCUT2D eigenvalue weighted by molar-refractivity contribution is 5.81. The van der Waals surface area contributed by atoms with E-state index in [-0.39, 0.29) is 18.4 Å². The Kier molecular flexibility index (Phi) is 2.80. The van der Waals surface area contributed by atoms with E-state index in [2.05, 4.69) is 11.1 Å². The number of rotatable bonds is 3. The Hall–Kier alpha value is -1.81. The number of fused-ring (bicyclic) bond motifs is 1. The van der Waals surface area contributed by atoms with Crippen molar-refractivity contribution >= 4 is 16.8 Å². The number of carbonyl (C=O) groups excluding carboxylic acids is 1. The summed E-state index contributed by atoms with van der Waals surface area (Å²) in [6.45, 7) is 1.40. The number of aliphatic hydroxyl groups excluding tert-OH is 1. The van der Waals surface area contributed by atoms with Crippen molar-refractivity contribution in [3.8, 4) is 0 Å². The SMILES string of the molecule is O=C1CC(CO)CN1Cc1ccc2[nH]ccc2c1. The zero-order valence-corrected chi connectivity index (χ0v) is 10.1. The second-order valence-electron chi connectivity index (χ2n) is 4.93. The predicted molar refractivity (Wildman–Crippen MR) is 68.9 cm³/mol.